The average molecular weight is 473 g/mol. The van der Waals surface area contributed by atoms with Gasteiger partial charge in [0.25, 0.3) is 0 Å². The molecule has 4 nitrogen and oxygen atoms in total. The van der Waals surface area contributed by atoms with Crippen LogP contribution in [0, 0.1) is 18.7 Å². The predicted octanol–water partition coefficient (Wildman–Crippen LogP) is 5.77. The standard InChI is InChI=1S/C30H33FN2O2/c1-22-7-9-25(10-8-22)20-33-27(21-35-29-18-26(31)11-12-28(29)33)19-30(34)32-15-13-24(14-16-32)17-23-5-3-2-4-6-23/h2-12,18,24,27H,13-17,19-21H2,1H3. The number of likely N-dealkylation sites (tertiary alicyclic amines) is 1. The van der Waals surface area contributed by atoms with Gasteiger partial charge in [0.2, 0.25) is 5.91 Å². The SMILES string of the molecule is Cc1ccc(CN2c3ccc(F)cc3OCC2CC(=O)N2CCC(Cc3ccccc3)CC2)cc1. The maximum Gasteiger partial charge on any atom is 0.224 e. The highest BCUT2D eigenvalue weighted by atomic mass is 19.1. The number of fused-ring (bicyclic) bond motifs is 1. The third-order valence-corrected chi connectivity index (χ3v) is 7.32. The fourth-order valence-corrected chi connectivity index (χ4v) is 5.25. The number of aryl methyl sites for hydroxylation is 1. The van der Waals surface area contributed by atoms with E-state index in [0.29, 0.717) is 31.2 Å². The Morgan fingerprint density at radius 1 is 0.971 bits per heavy atom. The number of nitrogens with zero attached hydrogens (tertiary/aromatic N) is 2. The van der Waals surface area contributed by atoms with Crippen molar-refractivity contribution in [2.24, 2.45) is 5.92 Å². The minimum Gasteiger partial charge on any atom is -0.489 e. The van der Waals surface area contributed by atoms with E-state index in [1.807, 2.05) is 4.90 Å². The number of hydrogen-bond donors (Lipinski definition) is 0. The molecule has 0 N–H and O–H groups in total. The second-order valence-electron chi connectivity index (χ2n) is 9.91. The van der Waals surface area contributed by atoms with Crippen LogP contribution in [0.25, 0.3) is 0 Å². The van der Waals surface area contributed by atoms with Gasteiger partial charge < -0.3 is 14.5 Å². The van der Waals surface area contributed by atoms with E-state index in [0.717, 1.165) is 43.6 Å². The molecule has 1 amide bonds. The Hall–Kier alpha value is -3.34. The normalized spacial score (nSPS) is 18.2. The van der Waals surface area contributed by atoms with Crippen LogP contribution in [0.2, 0.25) is 0 Å². The molecule has 0 aliphatic carbocycles. The first-order valence-electron chi connectivity index (χ1n) is 12.6. The van der Waals surface area contributed by atoms with Crippen molar-refractivity contribution < 1.29 is 13.9 Å². The maximum absolute atomic E-state index is 13.9. The predicted molar refractivity (Wildman–Crippen MR) is 137 cm³/mol. The Balaban J connectivity index is 1.25. The molecule has 5 heteroatoms. The van der Waals surface area contributed by atoms with E-state index in [9.17, 15) is 9.18 Å². The molecule has 1 saturated heterocycles. The van der Waals surface area contributed by atoms with Gasteiger partial charge in [-0.2, -0.15) is 0 Å². The van der Waals surface area contributed by atoms with Crippen LogP contribution < -0.4 is 9.64 Å². The van der Waals surface area contributed by atoms with Crippen LogP contribution in [0.15, 0.2) is 72.8 Å². The summed E-state index contributed by atoms with van der Waals surface area (Å²) >= 11 is 0. The van der Waals surface area contributed by atoms with Gasteiger partial charge >= 0.3 is 0 Å². The summed E-state index contributed by atoms with van der Waals surface area (Å²) < 4.78 is 19.8. The van der Waals surface area contributed by atoms with E-state index in [2.05, 4.69) is 66.4 Å². The van der Waals surface area contributed by atoms with Crippen molar-refractivity contribution in [3.63, 3.8) is 0 Å². The first-order chi connectivity index (χ1) is 17.0. The van der Waals surface area contributed by atoms with Crippen LogP contribution in [0.1, 0.15) is 36.0 Å². The van der Waals surface area contributed by atoms with Gasteiger partial charge in [0.15, 0.2) is 0 Å². The fourth-order valence-electron chi connectivity index (χ4n) is 5.25. The molecule has 3 aromatic carbocycles. The van der Waals surface area contributed by atoms with Crippen molar-refractivity contribution in [2.75, 3.05) is 24.6 Å². The Morgan fingerprint density at radius 2 is 1.71 bits per heavy atom. The lowest BCUT2D eigenvalue weighted by Crippen LogP contribution is -2.47. The summed E-state index contributed by atoms with van der Waals surface area (Å²) in [6.07, 6.45) is 3.55. The van der Waals surface area contributed by atoms with E-state index >= 15 is 0 Å². The van der Waals surface area contributed by atoms with E-state index in [-0.39, 0.29) is 17.8 Å². The Labute approximate surface area is 207 Å². The fraction of sp³-hybridized carbons (Fsp3) is 0.367. The van der Waals surface area contributed by atoms with E-state index < -0.39 is 0 Å². The number of carbonyl (C=O) groups is 1. The van der Waals surface area contributed by atoms with Crippen molar-refractivity contribution in [3.05, 3.63) is 95.3 Å². The van der Waals surface area contributed by atoms with Crippen LogP contribution in [0.4, 0.5) is 10.1 Å². The highest BCUT2D eigenvalue weighted by Crippen LogP contribution is 2.36. The number of hydrogen-bond acceptors (Lipinski definition) is 3. The molecule has 35 heavy (non-hydrogen) atoms. The summed E-state index contributed by atoms with van der Waals surface area (Å²) in [7, 11) is 0. The second-order valence-corrected chi connectivity index (χ2v) is 9.91. The molecule has 0 bridgehead atoms. The molecule has 0 spiro atoms. The molecule has 5 rings (SSSR count). The molecule has 1 unspecified atom stereocenters. The minimum atomic E-state index is -0.313. The Kier molecular flexibility index (Phi) is 7.03. The van der Waals surface area contributed by atoms with E-state index in [1.54, 1.807) is 6.07 Å². The zero-order chi connectivity index (χ0) is 24.2. The number of anilines is 1. The third kappa shape index (κ3) is 5.67. The highest BCUT2D eigenvalue weighted by molar-refractivity contribution is 5.78. The van der Waals surface area contributed by atoms with Gasteiger partial charge in [-0.05, 0) is 55.4 Å². The van der Waals surface area contributed by atoms with Gasteiger partial charge in [0.05, 0.1) is 18.2 Å². The van der Waals surface area contributed by atoms with Crippen molar-refractivity contribution in [1.82, 2.24) is 4.90 Å². The van der Waals surface area contributed by atoms with Gasteiger partial charge in [0.1, 0.15) is 18.2 Å². The van der Waals surface area contributed by atoms with Crippen molar-refractivity contribution in [3.8, 4) is 5.75 Å². The molecule has 2 heterocycles. The smallest absolute Gasteiger partial charge is 0.224 e. The summed E-state index contributed by atoms with van der Waals surface area (Å²) in [6, 6.07) is 23.6. The molecular formula is C30H33FN2O2. The van der Waals surface area contributed by atoms with Gasteiger partial charge in [-0.3, -0.25) is 4.79 Å². The lowest BCUT2D eigenvalue weighted by Gasteiger charge is -2.40. The molecular weight excluding hydrogens is 439 g/mol. The van der Waals surface area contributed by atoms with Crippen LogP contribution >= 0.6 is 0 Å². The molecule has 3 aromatic rings. The number of amides is 1. The second kappa shape index (κ2) is 10.5. The molecule has 1 atom stereocenters. The van der Waals surface area contributed by atoms with Crippen molar-refractivity contribution in [2.45, 2.75) is 45.2 Å². The van der Waals surface area contributed by atoms with Crippen LogP contribution in [0.5, 0.6) is 5.75 Å². The monoisotopic (exact) mass is 472 g/mol. The molecule has 182 valence electrons. The number of piperidine rings is 1. The van der Waals surface area contributed by atoms with Crippen molar-refractivity contribution in [1.29, 1.82) is 0 Å². The first kappa shape index (κ1) is 23.4. The zero-order valence-corrected chi connectivity index (χ0v) is 20.3. The van der Waals surface area contributed by atoms with E-state index in [4.69, 9.17) is 4.74 Å². The largest absolute Gasteiger partial charge is 0.489 e. The molecule has 2 aliphatic rings. The Bertz CT molecular complexity index is 1140. The third-order valence-electron chi connectivity index (χ3n) is 7.32. The number of ether oxygens (including phenoxy) is 1. The van der Waals surface area contributed by atoms with Crippen LogP contribution in [0.3, 0.4) is 0 Å². The van der Waals surface area contributed by atoms with Crippen molar-refractivity contribution >= 4 is 11.6 Å². The summed E-state index contributed by atoms with van der Waals surface area (Å²) in [6.45, 7) is 4.71. The summed E-state index contributed by atoms with van der Waals surface area (Å²) in [5, 5.41) is 0. The molecule has 0 radical (unpaired) electrons. The van der Waals surface area contributed by atoms with E-state index in [1.165, 1.54) is 23.3 Å². The summed E-state index contributed by atoms with van der Waals surface area (Å²) in [5.41, 5.74) is 4.59. The maximum atomic E-state index is 13.9. The molecule has 1 fully saturated rings. The number of benzene rings is 3. The quantitative estimate of drug-likeness (QED) is 0.456. The van der Waals surface area contributed by atoms with Crippen LogP contribution in [-0.4, -0.2) is 36.5 Å². The Morgan fingerprint density at radius 3 is 2.46 bits per heavy atom. The number of halogens is 1. The molecule has 0 aromatic heterocycles. The molecule has 2 aliphatic heterocycles. The highest BCUT2D eigenvalue weighted by Gasteiger charge is 2.32. The van der Waals surface area contributed by atoms with Gasteiger partial charge in [-0.1, -0.05) is 60.2 Å². The van der Waals surface area contributed by atoms with Gasteiger partial charge in [-0.25, -0.2) is 4.39 Å². The number of rotatable bonds is 6. The van der Waals surface area contributed by atoms with Crippen LogP contribution in [-0.2, 0) is 17.8 Å². The molecule has 0 saturated carbocycles. The lowest BCUT2D eigenvalue weighted by atomic mass is 9.90. The summed E-state index contributed by atoms with van der Waals surface area (Å²) in [5.74, 6) is 1.03. The number of carbonyl (C=O) groups excluding carboxylic acids is 1. The summed E-state index contributed by atoms with van der Waals surface area (Å²) in [4.78, 5) is 17.6. The minimum absolute atomic E-state index is 0.0937. The topological polar surface area (TPSA) is 32.8 Å². The lowest BCUT2D eigenvalue weighted by molar-refractivity contribution is -0.133. The average Bonchev–Trinajstić information content (AvgIpc) is 2.87. The zero-order valence-electron chi connectivity index (χ0n) is 20.3. The van der Waals surface area contributed by atoms with Gasteiger partial charge in [0, 0.05) is 25.7 Å². The first-order valence-corrected chi connectivity index (χ1v) is 12.6. The van der Waals surface area contributed by atoms with Gasteiger partial charge in [-0.15, -0.1) is 0 Å².